The molecule has 0 atom stereocenters. The van der Waals surface area contributed by atoms with Crippen LogP contribution in [0.1, 0.15) is 10.4 Å². The Hall–Kier alpha value is -1.23. The third-order valence-corrected chi connectivity index (χ3v) is 2.91. The molecule has 0 heterocycles. The number of anilines is 2. The number of carboxylic acids is 1. The Morgan fingerprint density at radius 2 is 1.56 bits per heavy atom. The second-order valence-electron chi connectivity index (χ2n) is 3.91. The zero-order chi connectivity index (χ0) is 12.5. The fourth-order valence-corrected chi connectivity index (χ4v) is 1.93. The summed E-state index contributed by atoms with van der Waals surface area (Å²) in [7, 11) is 7.63. The summed E-state index contributed by atoms with van der Waals surface area (Å²) in [4.78, 5) is 14.9. The number of rotatable bonds is 3. The van der Waals surface area contributed by atoms with Gasteiger partial charge in [0, 0.05) is 32.7 Å². The molecule has 5 heteroatoms. The highest BCUT2D eigenvalue weighted by atomic mass is 79.9. The van der Waals surface area contributed by atoms with E-state index in [9.17, 15) is 4.79 Å². The van der Waals surface area contributed by atoms with Crippen LogP contribution in [0.5, 0.6) is 0 Å². The predicted octanol–water partition coefficient (Wildman–Crippen LogP) is 2.28. The van der Waals surface area contributed by atoms with Gasteiger partial charge >= 0.3 is 5.97 Å². The van der Waals surface area contributed by atoms with Crippen molar-refractivity contribution in [1.29, 1.82) is 0 Å². The summed E-state index contributed by atoms with van der Waals surface area (Å²) >= 11 is 3.27. The molecule has 0 fully saturated rings. The first-order valence-corrected chi connectivity index (χ1v) is 5.55. The molecule has 1 N–H and O–H groups in total. The average Bonchev–Trinajstić information content (AvgIpc) is 2.15. The van der Waals surface area contributed by atoms with Crippen LogP contribution in [0.2, 0.25) is 0 Å². The Labute approximate surface area is 104 Å². The fraction of sp³-hybridized carbons (Fsp3) is 0.364. The molecule has 1 aromatic rings. The largest absolute Gasteiger partial charge is 0.478 e. The van der Waals surface area contributed by atoms with Gasteiger partial charge in [0.05, 0.1) is 16.9 Å². The van der Waals surface area contributed by atoms with Crippen LogP contribution >= 0.6 is 15.9 Å². The van der Waals surface area contributed by atoms with Crippen LogP contribution in [0.3, 0.4) is 0 Å². The number of carbonyl (C=O) groups is 1. The summed E-state index contributed by atoms with van der Waals surface area (Å²) < 4.78 is 0.592. The Morgan fingerprint density at radius 1 is 1.12 bits per heavy atom. The van der Waals surface area contributed by atoms with Crippen molar-refractivity contribution in [3.63, 3.8) is 0 Å². The lowest BCUT2D eigenvalue weighted by Gasteiger charge is -2.23. The normalized spacial score (nSPS) is 10.1. The molecule has 0 aliphatic heterocycles. The van der Waals surface area contributed by atoms with Gasteiger partial charge in [0.1, 0.15) is 0 Å². The highest BCUT2D eigenvalue weighted by molar-refractivity contribution is 9.10. The number of hydrogen-bond donors (Lipinski definition) is 1. The molecule has 0 amide bonds. The zero-order valence-corrected chi connectivity index (χ0v) is 11.4. The van der Waals surface area contributed by atoms with E-state index in [0.29, 0.717) is 4.47 Å². The maximum absolute atomic E-state index is 11.0. The smallest absolute Gasteiger partial charge is 0.336 e. The number of nitrogens with zero attached hydrogens (tertiary/aromatic N) is 2. The molecular formula is C11H15BrN2O2. The van der Waals surface area contributed by atoms with Crippen molar-refractivity contribution in [3.8, 4) is 0 Å². The maximum atomic E-state index is 11.0. The van der Waals surface area contributed by atoms with E-state index >= 15 is 0 Å². The molecular weight excluding hydrogens is 272 g/mol. The zero-order valence-electron chi connectivity index (χ0n) is 9.78. The van der Waals surface area contributed by atoms with Crippen molar-refractivity contribution >= 4 is 33.3 Å². The van der Waals surface area contributed by atoms with Crippen LogP contribution in [0, 0.1) is 0 Å². The Balaban J connectivity index is 3.43. The minimum absolute atomic E-state index is 0.273. The van der Waals surface area contributed by atoms with Crippen molar-refractivity contribution in [2.24, 2.45) is 0 Å². The predicted molar refractivity (Wildman–Crippen MR) is 69.8 cm³/mol. The number of aromatic carboxylic acids is 1. The molecule has 0 saturated heterocycles. The van der Waals surface area contributed by atoms with Gasteiger partial charge in [-0.3, -0.25) is 0 Å². The van der Waals surface area contributed by atoms with Gasteiger partial charge in [0.2, 0.25) is 0 Å². The molecule has 0 radical (unpaired) electrons. The van der Waals surface area contributed by atoms with Crippen LogP contribution in [0.25, 0.3) is 0 Å². The van der Waals surface area contributed by atoms with Gasteiger partial charge in [-0.15, -0.1) is 0 Å². The molecule has 1 aromatic carbocycles. The summed E-state index contributed by atoms with van der Waals surface area (Å²) in [5.74, 6) is -0.930. The van der Waals surface area contributed by atoms with E-state index < -0.39 is 5.97 Å². The maximum Gasteiger partial charge on any atom is 0.336 e. The monoisotopic (exact) mass is 286 g/mol. The van der Waals surface area contributed by atoms with E-state index in [1.807, 2.05) is 44.1 Å². The van der Waals surface area contributed by atoms with E-state index in [1.165, 1.54) is 0 Å². The number of hydrogen-bond acceptors (Lipinski definition) is 3. The van der Waals surface area contributed by atoms with Gasteiger partial charge in [-0.2, -0.15) is 0 Å². The minimum Gasteiger partial charge on any atom is -0.478 e. The molecule has 0 bridgehead atoms. The van der Waals surface area contributed by atoms with Gasteiger partial charge in [-0.05, 0) is 28.1 Å². The van der Waals surface area contributed by atoms with Gasteiger partial charge in [0.25, 0.3) is 0 Å². The first kappa shape index (κ1) is 12.8. The molecule has 1 rings (SSSR count). The van der Waals surface area contributed by atoms with Crippen LogP contribution in [0.4, 0.5) is 11.4 Å². The summed E-state index contributed by atoms with van der Waals surface area (Å²) in [6.07, 6.45) is 0. The van der Waals surface area contributed by atoms with Crippen molar-refractivity contribution in [2.45, 2.75) is 0 Å². The van der Waals surface area contributed by atoms with Crippen molar-refractivity contribution in [2.75, 3.05) is 38.0 Å². The number of halogens is 1. The summed E-state index contributed by atoms with van der Waals surface area (Å²) in [6, 6.07) is 3.49. The Bertz CT molecular complexity index is 417. The quantitative estimate of drug-likeness (QED) is 0.926. The van der Waals surface area contributed by atoms with Crippen molar-refractivity contribution < 1.29 is 9.90 Å². The second kappa shape index (κ2) is 4.74. The summed E-state index contributed by atoms with van der Waals surface area (Å²) in [5, 5.41) is 9.04. The van der Waals surface area contributed by atoms with Crippen molar-refractivity contribution in [1.82, 2.24) is 0 Å². The van der Waals surface area contributed by atoms with Crippen LogP contribution < -0.4 is 9.80 Å². The van der Waals surface area contributed by atoms with Crippen LogP contribution in [-0.2, 0) is 0 Å². The molecule has 16 heavy (non-hydrogen) atoms. The first-order chi connectivity index (χ1) is 7.34. The molecule has 4 nitrogen and oxygen atoms in total. The third kappa shape index (κ3) is 2.47. The molecule has 88 valence electrons. The van der Waals surface area contributed by atoms with E-state index in [2.05, 4.69) is 15.9 Å². The van der Waals surface area contributed by atoms with E-state index in [0.717, 1.165) is 11.4 Å². The van der Waals surface area contributed by atoms with Crippen LogP contribution in [0.15, 0.2) is 16.6 Å². The summed E-state index contributed by atoms with van der Waals surface area (Å²) in [6.45, 7) is 0. The lowest BCUT2D eigenvalue weighted by Crippen LogP contribution is -2.17. The van der Waals surface area contributed by atoms with Crippen LogP contribution in [-0.4, -0.2) is 39.3 Å². The first-order valence-electron chi connectivity index (χ1n) is 4.76. The molecule has 0 aliphatic rings. The second-order valence-corrected chi connectivity index (χ2v) is 4.77. The third-order valence-electron chi connectivity index (χ3n) is 2.26. The average molecular weight is 287 g/mol. The summed E-state index contributed by atoms with van der Waals surface area (Å²) in [5.41, 5.74) is 2.13. The van der Waals surface area contributed by atoms with Crippen molar-refractivity contribution in [3.05, 3.63) is 22.2 Å². The Morgan fingerprint density at radius 3 is 1.94 bits per heavy atom. The molecule has 0 aliphatic carbocycles. The SMILES string of the molecule is CN(C)c1cc(Br)c(C(=O)O)cc1N(C)C. The topological polar surface area (TPSA) is 43.8 Å². The fourth-order valence-electron chi connectivity index (χ4n) is 1.43. The highest BCUT2D eigenvalue weighted by Crippen LogP contribution is 2.33. The number of carboxylic acid groups (broad SMARTS) is 1. The standard InChI is InChI=1S/C11H15BrN2O2/c1-13(2)9-5-7(11(15)16)8(12)6-10(9)14(3)4/h5-6H,1-4H3,(H,15,16). The van der Waals surface area contributed by atoms with Gasteiger partial charge < -0.3 is 14.9 Å². The van der Waals surface area contributed by atoms with E-state index in [1.54, 1.807) is 6.07 Å². The highest BCUT2D eigenvalue weighted by Gasteiger charge is 2.15. The molecule has 0 saturated carbocycles. The molecule has 0 unspecified atom stereocenters. The van der Waals surface area contributed by atoms with E-state index in [4.69, 9.17) is 5.11 Å². The molecule has 0 spiro atoms. The van der Waals surface area contributed by atoms with Gasteiger partial charge in [-0.25, -0.2) is 4.79 Å². The lowest BCUT2D eigenvalue weighted by atomic mass is 10.1. The Kier molecular flexibility index (Phi) is 3.80. The number of benzene rings is 1. The van der Waals surface area contributed by atoms with Gasteiger partial charge in [0.15, 0.2) is 0 Å². The minimum atomic E-state index is -0.930. The molecule has 0 aromatic heterocycles. The van der Waals surface area contributed by atoms with E-state index in [-0.39, 0.29) is 5.56 Å². The van der Waals surface area contributed by atoms with Gasteiger partial charge in [-0.1, -0.05) is 0 Å². The lowest BCUT2D eigenvalue weighted by molar-refractivity contribution is 0.0696.